The second-order valence-electron chi connectivity index (χ2n) is 5.76. The van der Waals surface area contributed by atoms with Crippen molar-refractivity contribution in [3.05, 3.63) is 54.0 Å². The molecular weight excluding hydrogens is 308 g/mol. The predicted molar refractivity (Wildman–Crippen MR) is 90.8 cm³/mol. The molecule has 6 nitrogen and oxygen atoms in total. The van der Waals surface area contributed by atoms with Gasteiger partial charge in [-0.1, -0.05) is 19.1 Å². The Labute approximate surface area is 141 Å². The van der Waals surface area contributed by atoms with Crippen molar-refractivity contribution < 1.29 is 19.1 Å². The Bertz CT molecular complexity index is 708. The van der Waals surface area contributed by atoms with Crippen LogP contribution in [-0.4, -0.2) is 30.5 Å². The Morgan fingerprint density at radius 3 is 2.58 bits per heavy atom. The minimum Gasteiger partial charge on any atom is -0.466 e. The molecule has 0 aliphatic heterocycles. The van der Waals surface area contributed by atoms with Crippen molar-refractivity contribution in [3.8, 4) is 0 Å². The number of hydrogen-bond donors (Lipinski definition) is 2. The zero-order valence-electron chi connectivity index (χ0n) is 14.1. The van der Waals surface area contributed by atoms with E-state index in [0.717, 1.165) is 0 Å². The van der Waals surface area contributed by atoms with Gasteiger partial charge in [-0.3, -0.25) is 9.59 Å². The van der Waals surface area contributed by atoms with E-state index in [2.05, 4.69) is 5.32 Å². The van der Waals surface area contributed by atoms with Crippen LogP contribution in [0.4, 0.5) is 5.69 Å². The van der Waals surface area contributed by atoms with E-state index < -0.39 is 5.60 Å². The maximum atomic E-state index is 12.5. The summed E-state index contributed by atoms with van der Waals surface area (Å²) in [5, 5.41) is 13.1. The molecule has 0 aliphatic carbocycles. The third-order valence-corrected chi connectivity index (χ3v) is 3.83. The largest absolute Gasteiger partial charge is 0.466 e. The summed E-state index contributed by atoms with van der Waals surface area (Å²) in [5.74, 6) is -0.0830. The molecule has 2 rings (SSSR count). The number of aliphatic hydroxyl groups is 1. The lowest BCUT2D eigenvalue weighted by Gasteiger charge is -2.23. The fourth-order valence-corrected chi connectivity index (χ4v) is 2.35. The fraction of sp³-hybridized carbons (Fsp3) is 0.333. The van der Waals surface area contributed by atoms with Crippen molar-refractivity contribution in [3.63, 3.8) is 0 Å². The summed E-state index contributed by atoms with van der Waals surface area (Å²) in [5.41, 5.74) is -0.421. The number of furan rings is 1. The monoisotopic (exact) mass is 330 g/mol. The highest BCUT2D eigenvalue weighted by Crippen LogP contribution is 2.22. The lowest BCUT2D eigenvalue weighted by molar-refractivity contribution is -0.118. The summed E-state index contributed by atoms with van der Waals surface area (Å²) in [6.07, 6.45) is 1.81. The Morgan fingerprint density at radius 1 is 1.25 bits per heavy atom. The van der Waals surface area contributed by atoms with Crippen molar-refractivity contribution in [1.82, 2.24) is 5.32 Å². The van der Waals surface area contributed by atoms with Crippen molar-refractivity contribution >= 4 is 17.5 Å². The molecule has 2 aromatic rings. The topological polar surface area (TPSA) is 82.8 Å². The molecule has 1 atom stereocenters. The van der Waals surface area contributed by atoms with E-state index in [0.29, 0.717) is 23.4 Å². The Balaban J connectivity index is 2.15. The van der Waals surface area contributed by atoms with Crippen molar-refractivity contribution in [2.45, 2.75) is 25.9 Å². The van der Waals surface area contributed by atoms with Gasteiger partial charge in [-0.2, -0.15) is 0 Å². The predicted octanol–water partition coefficient (Wildman–Crippen LogP) is 2.29. The summed E-state index contributed by atoms with van der Waals surface area (Å²) in [6.45, 7) is 3.31. The standard InChI is InChI=1S/C18H22N2O4/c1-4-16(21)20(3)14-9-6-5-8-13(14)17(22)19-12-18(2,23)15-10-7-11-24-15/h5-11,23H,4,12H2,1-3H3,(H,19,22). The van der Waals surface area contributed by atoms with Gasteiger partial charge in [-0.25, -0.2) is 0 Å². The first-order valence-electron chi connectivity index (χ1n) is 7.77. The number of nitrogens with zero attached hydrogens (tertiary/aromatic N) is 1. The van der Waals surface area contributed by atoms with Crippen LogP contribution in [0.25, 0.3) is 0 Å². The van der Waals surface area contributed by atoms with Crippen LogP contribution < -0.4 is 10.2 Å². The van der Waals surface area contributed by atoms with E-state index in [1.807, 2.05) is 0 Å². The molecule has 6 heteroatoms. The summed E-state index contributed by atoms with van der Waals surface area (Å²) in [7, 11) is 1.64. The van der Waals surface area contributed by atoms with Crippen LogP contribution in [0.1, 0.15) is 36.4 Å². The number of carbonyl (C=O) groups excluding carboxylic acids is 2. The lowest BCUT2D eigenvalue weighted by atomic mass is 10.0. The smallest absolute Gasteiger partial charge is 0.253 e. The molecule has 0 spiro atoms. The molecular formula is C18H22N2O4. The molecule has 0 saturated carbocycles. The molecule has 1 unspecified atom stereocenters. The average Bonchev–Trinajstić information content (AvgIpc) is 3.14. The summed E-state index contributed by atoms with van der Waals surface area (Å²) in [6, 6.07) is 10.2. The van der Waals surface area contributed by atoms with E-state index in [1.54, 1.807) is 57.3 Å². The second-order valence-corrected chi connectivity index (χ2v) is 5.76. The van der Waals surface area contributed by atoms with Gasteiger partial charge in [0.1, 0.15) is 11.4 Å². The van der Waals surface area contributed by atoms with Crippen LogP contribution in [0.3, 0.4) is 0 Å². The fourth-order valence-electron chi connectivity index (χ4n) is 2.35. The molecule has 1 aromatic heterocycles. The lowest BCUT2D eigenvalue weighted by Crippen LogP contribution is -2.39. The molecule has 2 amide bonds. The van der Waals surface area contributed by atoms with Crippen LogP contribution in [0, 0.1) is 0 Å². The number of para-hydroxylation sites is 1. The maximum Gasteiger partial charge on any atom is 0.253 e. The van der Waals surface area contributed by atoms with E-state index in [1.165, 1.54) is 11.2 Å². The van der Waals surface area contributed by atoms with E-state index in [9.17, 15) is 14.7 Å². The molecule has 0 radical (unpaired) electrons. The number of hydrogen-bond acceptors (Lipinski definition) is 4. The number of benzene rings is 1. The summed E-state index contributed by atoms with van der Waals surface area (Å²) < 4.78 is 5.19. The molecule has 128 valence electrons. The summed E-state index contributed by atoms with van der Waals surface area (Å²) >= 11 is 0. The first kappa shape index (κ1) is 17.7. The van der Waals surface area contributed by atoms with Gasteiger partial charge in [-0.05, 0) is 31.2 Å². The highest BCUT2D eigenvalue weighted by atomic mass is 16.4. The van der Waals surface area contributed by atoms with Gasteiger partial charge >= 0.3 is 0 Å². The van der Waals surface area contributed by atoms with Crippen molar-refractivity contribution in [1.29, 1.82) is 0 Å². The van der Waals surface area contributed by atoms with Crippen LogP contribution in [0.5, 0.6) is 0 Å². The number of amides is 2. The first-order chi connectivity index (χ1) is 11.4. The van der Waals surface area contributed by atoms with Gasteiger partial charge in [0.25, 0.3) is 5.91 Å². The zero-order chi connectivity index (χ0) is 17.7. The molecule has 0 bridgehead atoms. The van der Waals surface area contributed by atoms with Crippen LogP contribution in [0.2, 0.25) is 0 Å². The third kappa shape index (κ3) is 3.83. The molecule has 0 saturated heterocycles. The summed E-state index contributed by atoms with van der Waals surface area (Å²) in [4.78, 5) is 25.9. The number of rotatable bonds is 6. The van der Waals surface area contributed by atoms with Gasteiger partial charge < -0.3 is 19.7 Å². The highest BCUT2D eigenvalue weighted by Gasteiger charge is 2.27. The molecule has 24 heavy (non-hydrogen) atoms. The van der Waals surface area contributed by atoms with Crippen LogP contribution in [-0.2, 0) is 10.4 Å². The van der Waals surface area contributed by atoms with E-state index in [-0.39, 0.29) is 18.4 Å². The minimum absolute atomic E-state index is 0.0148. The number of carbonyl (C=O) groups is 2. The van der Waals surface area contributed by atoms with Gasteiger partial charge in [0.15, 0.2) is 0 Å². The average molecular weight is 330 g/mol. The Hall–Kier alpha value is -2.60. The molecule has 1 heterocycles. The van der Waals surface area contributed by atoms with E-state index in [4.69, 9.17) is 4.42 Å². The molecule has 0 fully saturated rings. The second kappa shape index (κ2) is 7.31. The minimum atomic E-state index is -1.32. The molecule has 2 N–H and O–H groups in total. The Kier molecular flexibility index (Phi) is 5.41. The SMILES string of the molecule is CCC(=O)N(C)c1ccccc1C(=O)NCC(C)(O)c1ccco1. The van der Waals surface area contributed by atoms with Gasteiger partial charge in [0.05, 0.1) is 24.1 Å². The van der Waals surface area contributed by atoms with Crippen molar-refractivity contribution in [2.75, 3.05) is 18.5 Å². The number of nitrogens with one attached hydrogen (secondary N) is 1. The van der Waals surface area contributed by atoms with Gasteiger partial charge in [0, 0.05) is 13.5 Å². The zero-order valence-corrected chi connectivity index (χ0v) is 14.1. The molecule has 0 aliphatic rings. The van der Waals surface area contributed by atoms with Crippen LogP contribution in [0.15, 0.2) is 47.1 Å². The highest BCUT2D eigenvalue weighted by molar-refractivity contribution is 6.04. The van der Waals surface area contributed by atoms with Crippen LogP contribution >= 0.6 is 0 Å². The van der Waals surface area contributed by atoms with E-state index >= 15 is 0 Å². The maximum absolute atomic E-state index is 12.5. The number of anilines is 1. The first-order valence-corrected chi connectivity index (χ1v) is 7.77. The quantitative estimate of drug-likeness (QED) is 0.851. The normalized spacial score (nSPS) is 13.2. The van der Waals surface area contributed by atoms with Gasteiger partial charge in [0.2, 0.25) is 5.91 Å². The van der Waals surface area contributed by atoms with Gasteiger partial charge in [-0.15, -0.1) is 0 Å². The third-order valence-electron chi connectivity index (χ3n) is 3.83. The Morgan fingerprint density at radius 2 is 1.96 bits per heavy atom. The van der Waals surface area contributed by atoms with Crippen molar-refractivity contribution in [2.24, 2.45) is 0 Å². The molecule has 1 aromatic carbocycles.